The first-order chi connectivity index (χ1) is 11.1. The summed E-state index contributed by atoms with van der Waals surface area (Å²) in [5.74, 6) is -0.141. The molecule has 0 bridgehead atoms. The molecule has 3 rings (SSSR count). The number of hydrazine groups is 1. The molecule has 3 unspecified atom stereocenters. The van der Waals surface area contributed by atoms with E-state index in [9.17, 15) is 4.79 Å². The molecule has 0 radical (unpaired) electrons. The van der Waals surface area contributed by atoms with Gasteiger partial charge in [0.15, 0.2) is 0 Å². The van der Waals surface area contributed by atoms with Crippen LogP contribution in [-0.2, 0) is 0 Å². The van der Waals surface area contributed by atoms with Gasteiger partial charge in [-0.05, 0) is 36.4 Å². The van der Waals surface area contributed by atoms with Gasteiger partial charge in [-0.15, -0.1) is 11.8 Å². The van der Waals surface area contributed by atoms with Crippen molar-refractivity contribution in [3.8, 4) is 0 Å². The SMILES string of the molecule is NC1NNC(Sc2ccc(Cl)cc2)C1NC(=O)c1ccccc1. The molecule has 2 aromatic rings. The quantitative estimate of drug-likeness (QED) is 0.679. The van der Waals surface area contributed by atoms with Gasteiger partial charge in [0.25, 0.3) is 5.91 Å². The Hall–Kier alpha value is -1.57. The van der Waals surface area contributed by atoms with Crippen molar-refractivity contribution < 1.29 is 4.79 Å². The Balaban J connectivity index is 1.68. The van der Waals surface area contributed by atoms with E-state index in [-0.39, 0.29) is 23.5 Å². The number of nitrogens with two attached hydrogens (primary N) is 1. The van der Waals surface area contributed by atoms with Crippen molar-refractivity contribution in [3.05, 3.63) is 65.2 Å². The molecule has 1 amide bonds. The lowest BCUT2D eigenvalue weighted by atomic mass is 10.2. The monoisotopic (exact) mass is 348 g/mol. The number of thioether (sulfide) groups is 1. The van der Waals surface area contributed by atoms with Crippen LogP contribution in [0.15, 0.2) is 59.5 Å². The zero-order chi connectivity index (χ0) is 16.2. The van der Waals surface area contributed by atoms with Gasteiger partial charge in [-0.25, -0.2) is 10.9 Å². The first kappa shape index (κ1) is 16.3. The van der Waals surface area contributed by atoms with Crippen LogP contribution in [0.4, 0.5) is 0 Å². The zero-order valence-corrected chi connectivity index (χ0v) is 13.8. The molecule has 0 aromatic heterocycles. The number of benzene rings is 2. The summed E-state index contributed by atoms with van der Waals surface area (Å²) in [4.78, 5) is 13.4. The maximum absolute atomic E-state index is 12.3. The van der Waals surface area contributed by atoms with E-state index in [2.05, 4.69) is 16.2 Å². The normalized spacial score (nSPS) is 23.7. The highest BCUT2D eigenvalue weighted by Crippen LogP contribution is 2.27. The predicted molar refractivity (Wildman–Crippen MR) is 93.0 cm³/mol. The summed E-state index contributed by atoms with van der Waals surface area (Å²) >= 11 is 7.48. The summed E-state index contributed by atoms with van der Waals surface area (Å²) in [5, 5.41) is 3.60. The number of nitrogens with one attached hydrogen (secondary N) is 3. The summed E-state index contributed by atoms with van der Waals surface area (Å²) in [6.07, 6.45) is -0.368. The standard InChI is InChI=1S/C16H17ClN4OS/c17-11-6-8-12(9-7-11)23-16-13(14(18)20-21-16)19-15(22)10-4-2-1-3-5-10/h1-9,13-14,16,20-21H,18H2,(H,19,22). The Kier molecular flexibility index (Phi) is 5.20. The Morgan fingerprint density at radius 2 is 1.78 bits per heavy atom. The molecular formula is C16H17ClN4OS. The maximum atomic E-state index is 12.3. The second-order valence-electron chi connectivity index (χ2n) is 5.17. The van der Waals surface area contributed by atoms with Crippen LogP contribution in [-0.4, -0.2) is 23.5 Å². The van der Waals surface area contributed by atoms with Crippen LogP contribution >= 0.6 is 23.4 Å². The Morgan fingerprint density at radius 1 is 1.09 bits per heavy atom. The molecule has 0 saturated carbocycles. The largest absolute Gasteiger partial charge is 0.344 e. The third-order valence-corrected chi connectivity index (χ3v) is 4.98. The number of amides is 1. The number of carbonyl (C=O) groups excluding carboxylic acids is 1. The van der Waals surface area contributed by atoms with Crippen LogP contribution < -0.4 is 21.9 Å². The van der Waals surface area contributed by atoms with Gasteiger partial charge >= 0.3 is 0 Å². The molecule has 3 atom stereocenters. The third kappa shape index (κ3) is 4.04. The van der Waals surface area contributed by atoms with E-state index in [4.69, 9.17) is 17.3 Å². The first-order valence-electron chi connectivity index (χ1n) is 7.18. The minimum Gasteiger partial charge on any atom is -0.344 e. The number of rotatable bonds is 4. The smallest absolute Gasteiger partial charge is 0.251 e. The van der Waals surface area contributed by atoms with Crippen molar-refractivity contribution in [2.24, 2.45) is 5.73 Å². The van der Waals surface area contributed by atoms with Crippen molar-refractivity contribution in [1.82, 2.24) is 16.2 Å². The maximum Gasteiger partial charge on any atom is 0.251 e. The minimum atomic E-state index is -0.368. The number of hydrogen-bond acceptors (Lipinski definition) is 5. The lowest BCUT2D eigenvalue weighted by Gasteiger charge is -2.22. The molecule has 0 aliphatic carbocycles. The van der Waals surface area contributed by atoms with Crippen LogP contribution in [0.25, 0.3) is 0 Å². The molecule has 120 valence electrons. The minimum absolute atomic E-state index is 0.0844. The van der Waals surface area contributed by atoms with Gasteiger partial charge in [-0.3, -0.25) is 4.79 Å². The molecule has 1 saturated heterocycles. The summed E-state index contributed by atoms with van der Waals surface area (Å²) in [5.41, 5.74) is 12.8. The second kappa shape index (κ2) is 7.33. The van der Waals surface area contributed by atoms with Gasteiger partial charge in [0.05, 0.1) is 17.6 Å². The topological polar surface area (TPSA) is 79.2 Å². The highest BCUT2D eigenvalue weighted by atomic mass is 35.5. The van der Waals surface area contributed by atoms with Gasteiger partial charge in [-0.2, -0.15) is 0 Å². The Bertz CT molecular complexity index is 668. The van der Waals surface area contributed by atoms with Crippen molar-refractivity contribution in [2.45, 2.75) is 22.5 Å². The van der Waals surface area contributed by atoms with Crippen molar-refractivity contribution in [3.63, 3.8) is 0 Å². The van der Waals surface area contributed by atoms with E-state index in [0.717, 1.165) is 4.90 Å². The molecule has 2 aromatic carbocycles. The van der Waals surface area contributed by atoms with E-state index in [1.165, 1.54) is 0 Å². The van der Waals surface area contributed by atoms with Gasteiger partial charge in [-0.1, -0.05) is 29.8 Å². The van der Waals surface area contributed by atoms with Crippen LogP contribution in [0.1, 0.15) is 10.4 Å². The van der Waals surface area contributed by atoms with Crippen molar-refractivity contribution >= 4 is 29.3 Å². The highest BCUT2D eigenvalue weighted by molar-refractivity contribution is 8.00. The van der Waals surface area contributed by atoms with Gasteiger partial charge in [0, 0.05) is 15.5 Å². The highest BCUT2D eigenvalue weighted by Gasteiger charge is 2.35. The van der Waals surface area contributed by atoms with Crippen LogP contribution in [0, 0.1) is 0 Å². The van der Waals surface area contributed by atoms with Crippen LogP contribution in [0.5, 0.6) is 0 Å². The molecule has 1 aliphatic heterocycles. The van der Waals surface area contributed by atoms with Gasteiger partial charge in [0.2, 0.25) is 0 Å². The fourth-order valence-corrected chi connectivity index (χ4v) is 3.52. The van der Waals surface area contributed by atoms with Gasteiger partial charge in [0.1, 0.15) is 0 Å². The molecule has 5 N–H and O–H groups in total. The fraction of sp³-hybridized carbons (Fsp3) is 0.188. The lowest BCUT2D eigenvalue weighted by Crippen LogP contribution is -2.51. The number of hydrogen-bond donors (Lipinski definition) is 4. The van der Waals surface area contributed by atoms with Crippen LogP contribution in [0.3, 0.4) is 0 Å². The summed E-state index contributed by atoms with van der Waals surface area (Å²) < 4.78 is 0. The average Bonchev–Trinajstić information content (AvgIpc) is 2.91. The molecule has 5 nitrogen and oxygen atoms in total. The first-order valence-corrected chi connectivity index (χ1v) is 8.44. The summed E-state index contributed by atoms with van der Waals surface area (Å²) in [7, 11) is 0. The van der Waals surface area contributed by atoms with E-state index >= 15 is 0 Å². The van der Waals surface area contributed by atoms with E-state index in [1.807, 2.05) is 42.5 Å². The lowest BCUT2D eigenvalue weighted by molar-refractivity contribution is 0.0934. The summed E-state index contributed by atoms with van der Waals surface area (Å²) in [6, 6.07) is 16.4. The number of carbonyl (C=O) groups is 1. The van der Waals surface area contributed by atoms with E-state index in [1.54, 1.807) is 23.9 Å². The average molecular weight is 349 g/mol. The molecule has 1 aliphatic rings. The molecule has 23 heavy (non-hydrogen) atoms. The predicted octanol–water partition coefficient (Wildman–Crippen LogP) is 1.95. The molecule has 1 fully saturated rings. The van der Waals surface area contributed by atoms with Crippen molar-refractivity contribution in [1.29, 1.82) is 0 Å². The second-order valence-corrected chi connectivity index (χ2v) is 6.82. The molecule has 0 spiro atoms. The van der Waals surface area contributed by atoms with Crippen molar-refractivity contribution in [2.75, 3.05) is 0 Å². The molecule has 1 heterocycles. The Morgan fingerprint density at radius 3 is 2.48 bits per heavy atom. The van der Waals surface area contributed by atoms with E-state index < -0.39 is 0 Å². The zero-order valence-electron chi connectivity index (χ0n) is 12.2. The fourth-order valence-electron chi connectivity index (χ4n) is 2.30. The Labute approximate surface area is 143 Å². The van der Waals surface area contributed by atoms with Gasteiger partial charge < -0.3 is 11.1 Å². The summed E-state index contributed by atoms with van der Waals surface area (Å²) in [6.45, 7) is 0. The third-order valence-electron chi connectivity index (χ3n) is 3.52. The van der Waals surface area contributed by atoms with Crippen LogP contribution in [0.2, 0.25) is 5.02 Å². The molecule has 7 heteroatoms. The molecular weight excluding hydrogens is 332 g/mol. The number of halogens is 1. The van der Waals surface area contributed by atoms with E-state index in [0.29, 0.717) is 10.6 Å².